The minimum absolute atomic E-state index is 0.123. The Morgan fingerprint density at radius 3 is 2.73 bits per heavy atom. The Morgan fingerprint density at radius 1 is 1.35 bits per heavy atom. The molecule has 0 spiro atoms. The van der Waals surface area contributed by atoms with Gasteiger partial charge in [-0.25, -0.2) is 4.98 Å². The minimum atomic E-state index is -0.747. The molecule has 2 amide bonds. The highest BCUT2D eigenvalue weighted by molar-refractivity contribution is 7.09. The summed E-state index contributed by atoms with van der Waals surface area (Å²) < 4.78 is 0. The van der Waals surface area contributed by atoms with Gasteiger partial charge in [-0.1, -0.05) is 0 Å². The van der Waals surface area contributed by atoms with E-state index in [0.717, 1.165) is 10.7 Å². The average molecular weight is 377 g/mol. The Morgan fingerprint density at radius 2 is 2.12 bits per heavy atom. The first-order valence-corrected chi connectivity index (χ1v) is 9.42. The summed E-state index contributed by atoms with van der Waals surface area (Å²) in [5.41, 5.74) is 2.61. The standard InChI is InChI=1S/C17H23N5O3S/c1-8-15(9(2)22-21-8)17(25)20-13-4-11(5-14(13)23)16(24)18-6-12-7-26-10(3)19-12/h7,11,13-14,23H,4-6H2,1-3H3,(H,18,24)(H,20,25)(H,21,22)/t11-,13+,14+/m0/s1. The third kappa shape index (κ3) is 3.94. The van der Waals surface area contributed by atoms with E-state index in [2.05, 4.69) is 25.8 Å². The topological polar surface area (TPSA) is 120 Å². The van der Waals surface area contributed by atoms with Crippen LogP contribution in [-0.2, 0) is 11.3 Å². The van der Waals surface area contributed by atoms with E-state index in [1.807, 2.05) is 12.3 Å². The predicted molar refractivity (Wildman–Crippen MR) is 96.7 cm³/mol. The molecule has 2 aromatic rings. The van der Waals surface area contributed by atoms with Crippen molar-refractivity contribution in [2.24, 2.45) is 5.92 Å². The fourth-order valence-electron chi connectivity index (χ4n) is 3.32. The van der Waals surface area contributed by atoms with Gasteiger partial charge in [0.25, 0.3) is 5.91 Å². The van der Waals surface area contributed by atoms with Gasteiger partial charge in [-0.05, 0) is 33.6 Å². The Hall–Kier alpha value is -2.26. The average Bonchev–Trinajstić information content (AvgIpc) is 3.26. The van der Waals surface area contributed by atoms with Gasteiger partial charge in [0, 0.05) is 17.0 Å². The normalized spacial score (nSPS) is 22.4. The molecule has 2 heterocycles. The van der Waals surface area contributed by atoms with Crippen molar-refractivity contribution >= 4 is 23.2 Å². The zero-order valence-electron chi connectivity index (χ0n) is 15.0. The number of nitrogens with zero attached hydrogens (tertiary/aromatic N) is 2. The molecular weight excluding hydrogens is 354 g/mol. The summed E-state index contributed by atoms with van der Waals surface area (Å²) in [5, 5.41) is 25.6. The van der Waals surface area contributed by atoms with E-state index in [-0.39, 0.29) is 17.7 Å². The lowest BCUT2D eigenvalue weighted by Crippen LogP contribution is -2.40. The van der Waals surface area contributed by atoms with E-state index in [0.29, 0.717) is 36.3 Å². The highest BCUT2D eigenvalue weighted by atomic mass is 32.1. The summed E-state index contributed by atoms with van der Waals surface area (Å²) >= 11 is 1.54. The number of aromatic amines is 1. The molecule has 0 radical (unpaired) electrons. The number of rotatable bonds is 5. The number of thiazole rings is 1. The van der Waals surface area contributed by atoms with E-state index in [4.69, 9.17) is 0 Å². The van der Waals surface area contributed by atoms with Crippen LogP contribution in [0.5, 0.6) is 0 Å². The van der Waals surface area contributed by atoms with Crippen LogP contribution in [0.3, 0.4) is 0 Å². The van der Waals surface area contributed by atoms with E-state index < -0.39 is 12.1 Å². The van der Waals surface area contributed by atoms with Crippen molar-refractivity contribution in [1.82, 2.24) is 25.8 Å². The van der Waals surface area contributed by atoms with Crippen molar-refractivity contribution in [3.05, 3.63) is 33.0 Å². The molecule has 1 aliphatic rings. The first kappa shape index (κ1) is 18.5. The maximum atomic E-state index is 12.4. The number of amides is 2. The number of hydrogen-bond acceptors (Lipinski definition) is 6. The van der Waals surface area contributed by atoms with Gasteiger partial charge < -0.3 is 15.7 Å². The Labute approximate surface area is 155 Å². The smallest absolute Gasteiger partial charge is 0.255 e. The number of H-pyrrole nitrogens is 1. The molecule has 0 aliphatic heterocycles. The number of aryl methyl sites for hydroxylation is 3. The fraction of sp³-hybridized carbons (Fsp3) is 0.529. The monoisotopic (exact) mass is 377 g/mol. The quantitative estimate of drug-likeness (QED) is 0.619. The van der Waals surface area contributed by atoms with Gasteiger partial charge in [-0.2, -0.15) is 5.10 Å². The Balaban J connectivity index is 1.55. The second-order valence-electron chi connectivity index (χ2n) is 6.70. The summed E-state index contributed by atoms with van der Waals surface area (Å²) in [4.78, 5) is 29.1. The first-order valence-electron chi connectivity index (χ1n) is 8.54. The zero-order chi connectivity index (χ0) is 18.8. The minimum Gasteiger partial charge on any atom is -0.391 e. The second kappa shape index (κ2) is 7.55. The van der Waals surface area contributed by atoms with E-state index in [9.17, 15) is 14.7 Å². The fourth-order valence-corrected chi connectivity index (χ4v) is 3.93. The summed E-state index contributed by atoms with van der Waals surface area (Å²) in [7, 11) is 0. The van der Waals surface area contributed by atoms with Crippen molar-refractivity contribution < 1.29 is 14.7 Å². The van der Waals surface area contributed by atoms with Gasteiger partial charge in [0.2, 0.25) is 5.91 Å². The second-order valence-corrected chi connectivity index (χ2v) is 7.76. The molecule has 8 nitrogen and oxygen atoms in total. The third-order valence-electron chi connectivity index (χ3n) is 4.68. The third-order valence-corrected chi connectivity index (χ3v) is 5.50. The van der Waals surface area contributed by atoms with Gasteiger partial charge >= 0.3 is 0 Å². The largest absolute Gasteiger partial charge is 0.391 e. The zero-order valence-corrected chi connectivity index (χ0v) is 15.8. The molecule has 0 aromatic carbocycles. The van der Waals surface area contributed by atoms with Crippen LogP contribution in [0.15, 0.2) is 5.38 Å². The van der Waals surface area contributed by atoms with Crippen molar-refractivity contribution in [3.8, 4) is 0 Å². The van der Waals surface area contributed by atoms with Crippen molar-refractivity contribution in [3.63, 3.8) is 0 Å². The van der Waals surface area contributed by atoms with Crippen LogP contribution in [0, 0.1) is 26.7 Å². The lowest BCUT2D eigenvalue weighted by atomic mass is 10.1. The number of carbonyl (C=O) groups is 2. The molecule has 0 saturated heterocycles. The van der Waals surface area contributed by atoms with Crippen molar-refractivity contribution in [1.29, 1.82) is 0 Å². The predicted octanol–water partition coefficient (Wildman–Crippen LogP) is 0.977. The highest BCUT2D eigenvalue weighted by Gasteiger charge is 2.38. The lowest BCUT2D eigenvalue weighted by molar-refractivity contribution is -0.125. The van der Waals surface area contributed by atoms with Crippen LogP contribution < -0.4 is 10.6 Å². The maximum Gasteiger partial charge on any atom is 0.255 e. The van der Waals surface area contributed by atoms with Gasteiger partial charge in [0.15, 0.2) is 0 Å². The number of aromatic nitrogens is 3. The molecule has 2 aromatic heterocycles. The summed E-state index contributed by atoms with van der Waals surface area (Å²) in [6.45, 7) is 5.82. The Kier molecular flexibility index (Phi) is 5.38. The molecule has 140 valence electrons. The number of nitrogens with one attached hydrogen (secondary N) is 3. The van der Waals surface area contributed by atoms with Gasteiger partial charge in [0.05, 0.1) is 40.6 Å². The van der Waals surface area contributed by atoms with Crippen LogP contribution >= 0.6 is 11.3 Å². The molecule has 1 saturated carbocycles. The molecule has 1 fully saturated rings. The SMILES string of the molecule is Cc1nc(CNC(=O)[C@@H]2C[C@@H](O)[C@H](NC(=O)c3c(C)n[nH]c3C)C2)cs1. The molecule has 26 heavy (non-hydrogen) atoms. The van der Waals surface area contributed by atoms with E-state index in [1.165, 1.54) is 11.3 Å². The van der Waals surface area contributed by atoms with Crippen molar-refractivity contribution in [2.75, 3.05) is 0 Å². The molecule has 1 aliphatic carbocycles. The first-order chi connectivity index (χ1) is 12.3. The molecule has 3 atom stereocenters. The van der Waals surface area contributed by atoms with Gasteiger partial charge in [-0.15, -0.1) is 11.3 Å². The van der Waals surface area contributed by atoms with Crippen molar-refractivity contribution in [2.45, 2.75) is 52.3 Å². The van der Waals surface area contributed by atoms with E-state index >= 15 is 0 Å². The van der Waals surface area contributed by atoms with Gasteiger partial charge in [-0.3, -0.25) is 14.7 Å². The molecular formula is C17H23N5O3S. The molecule has 0 bridgehead atoms. The number of carbonyl (C=O) groups excluding carboxylic acids is 2. The van der Waals surface area contributed by atoms with Crippen LogP contribution in [0.2, 0.25) is 0 Å². The number of hydrogen-bond donors (Lipinski definition) is 4. The summed E-state index contributed by atoms with van der Waals surface area (Å²) in [6.07, 6.45) is -0.00944. The van der Waals surface area contributed by atoms with Crippen LogP contribution in [-0.4, -0.2) is 44.2 Å². The highest BCUT2D eigenvalue weighted by Crippen LogP contribution is 2.27. The van der Waals surface area contributed by atoms with Gasteiger partial charge in [0.1, 0.15) is 0 Å². The molecule has 9 heteroatoms. The number of aliphatic hydroxyl groups excluding tert-OH is 1. The molecule has 4 N–H and O–H groups in total. The maximum absolute atomic E-state index is 12.4. The number of aliphatic hydroxyl groups is 1. The van der Waals surface area contributed by atoms with E-state index in [1.54, 1.807) is 13.8 Å². The lowest BCUT2D eigenvalue weighted by Gasteiger charge is -2.16. The van der Waals surface area contributed by atoms with Crippen LogP contribution in [0.4, 0.5) is 0 Å². The Bertz CT molecular complexity index is 796. The van der Waals surface area contributed by atoms with Crippen LogP contribution in [0.1, 0.15) is 45.3 Å². The summed E-state index contributed by atoms with van der Waals surface area (Å²) in [5.74, 6) is -0.736. The van der Waals surface area contributed by atoms with Crippen LogP contribution in [0.25, 0.3) is 0 Å². The molecule has 0 unspecified atom stereocenters. The summed E-state index contributed by atoms with van der Waals surface area (Å²) in [6, 6.07) is -0.450. The molecule has 3 rings (SSSR count).